The van der Waals surface area contributed by atoms with Gasteiger partial charge in [0.15, 0.2) is 5.58 Å². The van der Waals surface area contributed by atoms with Crippen LogP contribution in [-0.2, 0) is 21.2 Å². The number of H-pyrrole nitrogens is 1. The SMILES string of the molecule is O=C(NCCc1ccco1)C1CCCN(S(=O)(=O)c2ccc3[nH]c(=O)oc3c2)C1. The monoisotopic (exact) mass is 419 g/mol. The number of hydrogen-bond donors (Lipinski definition) is 2. The summed E-state index contributed by atoms with van der Waals surface area (Å²) in [6, 6.07) is 7.88. The van der Waals surface area contributed by atoms with Crippen molar-refractivity contribution in [3.8, 4) is 0 Å². The lowest BCUT2D eigenvalue weighted by molar-refractivity contribution is -0.126. The van der Waals surface area contributed by atoms with Crippen LogP contribution in [0.3, 0.4) is 0 Å². The molecule has 1 amide bonds. The van der Waals surface area contributed by atoms with Crippen LogP contribution in [0, 0.1) is 5.92 Å². The lowest BCUT2D eigenvalue weighted by Gasteiger charge is -2.31. The van der Waals surface area contributed by atoms with Crippen LogP contribution in [0.5, 0.6) is 0 Å². The molecule has 9 nitrogen and oxygen atoms in total. The van der Waals surface area contributed by atoms with E-state index in [2.05, 4.69) is 10.3 Å². The molecule has 154 valence electrons. The molecule has 1 unspecified atom stereocenters. The molecular formula is C19H21N3O6S. The molecule has 4 rings (SSSR count). The molecule has 1 aromatic carbocycles. The summed E-state index contributed by atoms with van der Waals surface area (Å²) in [4.78, 5) is 26.3. The summed E-state index contributed by atoms with van der Waals surface area (Å²) in [5.74, 6) is -0.434. The number of fused-ring (bicyclic) bond motifs is 1. The Hall–Kier alpha value is -2.85. The van der Waals surface area contributed by atoms with Crippen LogP contribution in [-0.4, -0.2) is 43.2 Å². The second-order valence-corrected chi connectivity index (χ2v) is 8.93. The Morgan fingerprint density at radius 1 is 1.31 bits per heavy atom. The maximum Gasteiger partial charge on any atom is 0.417 e. The summed E-state index contributed by atoms with van der Waals surface area (Å²) in [5.41, 5.74) is 0.613. The first-order chi connectivity index (χ1) is 13.9. The fourth-order valence-corrected chi connectivity index (χ4v) is 5.06. The highest BCUT2D eigenvalue weighted by molar-refractivity contribution is 7.89. The molecule has 1 atom stereocenters. The quantitative estimate of drug-likeness (QED) is 0.623. The molecule has 1 fully saturated rings. The van der Waals surface area contributed by atoms with Crippen LogP contribution in [0.4, 0.5) is 0 Å². The van der Waals surface area contributed by atoms with Gasteiger partial charge in [0.1, 0.15) is 5.76 Å². The third-order valence-corrected chi connectivity index (χ3v) is 6.90. The van der Waals surface area contributed by atoms with Gasteiger partial charge in [-0.2, -0.15) is 4.31 Å². The molecule has 0 saturated carbocycles. The summed E-state index contributed by atoms with van der Waals surface area (Å²) in [6.45, 7) is 0.885. The van der Waals surface area contributed by atoms with Crippen LogP contribution in [0.15, 0.2) is 55.1 Å². The van der Waals surface area contributed by atoms with Gasteiger partial charge in [-0.1, -0.05) is 0 Å². The second kappa shape index (κ2) is 7.88. The van der Waals surface area contributed by atoms with Gasteiger partial charge in [-0.25, -0.2) is 13.2 Å². The van der Waals surface area contributed by atoms with Gasteiger partial charge in [0.05, 0.1) is 22.6 Å². The van der Waals surface area contributed by atoms with Gasteiger partial charge in [-0.05, 0) is 37.1 Å². The predicted molar refractivity (Wildman–Crippen MR) is 104 cm³/mol. The summed E-state index contributed by atoms with van der Waals surface area (Å²) >= 11 is 0. The summed E-state index contributed by atoms with van der Waals surface area (Å²) in [6.07, 6.45) is 3.38. The first kappa shape index (κ1) is 19.5. The molecule has 29 heavy (non-hydrogen) atoms. The zero-order valence-electron chi connectivity index (χ0n) is 15.6. The van der Waals surface area contributed by atoms with E-state index in [0.29, 0.717) is 37.9 Å². The molecule has 1 saturated heterocycles. The minimum Gasteiger partial charge on any atom is -0.469 e. The zero-order chi connectivity index (χ0) is 20.4. The number of amides is 1. The molecule has 0 spiro atoms. The Morgan fingerprint density at radius 2 is 2.17 bits per heavy atom. The van der Waals surface area contributed by atoms with Crippen molar-refractivity contribution >= 4 is 27.0 Å². The number of carbonyl (C=O) groups is 1. The van der Waals surface area contributed by atoms with Gasteiger partial charge < -0.3 is 14.2 Å². The van der Waals surface area contributed by atoms with Crippen LogP contribution in [0.2, 0.25) is 0 Å². The van der Waals surface area contributed by atoms with E-state index in [1.807, 2.05) is 6.07 Å². The highest BCUT2D eigenvalue weighted by Gasteiger charge is 2.33. The highest BCUT2D eigenvalue weighted by Crippen LogP contribution is 2.25. The van der Waals surface area contributed by atoms with Crippen molar-refractivity contribution < 1.29 is 22.0 Å². The molecule has 3 heterocycles. The van der Waals surface area contributed by atoms with Crippen LogP contribution >= 0.6 is 0 Å². The predicted octanol–water partition coefficient (Wildman–Crippen LogP) is 1.47. The van der Waals surface area contributed by atoms with Crippen molar-refractivity contribution in [2.45, 2.75) is 24.2 Å². The summed E-state index contributed by atoms with van der Waals surface area (Å²) < 4.78 is 37.6. The van der Waals surface area contributed by atoms with Gasteiger partial charge in [0.2, 0.25) is 15.9 Å². The van der Waals surface area contributed by atoms with Crippen molar-refractivity contribution in [2.24, 2.45) is 5.92 Å². The van der Waals surface area contributed by atoms with Gasteiger partial charge in [0, 0.05) is 32.1 Å². The first-order valence-electron chi connectivity index (χ1n) is 9.36. The first-order valence-corrected chi connectivity index (χ1v) is 10.8. The topological polar surface area (TPSA) is 126 Å². The number of furan rings is 1. The fraction of sp³-hybridized carbons (Fsp3) is 0.368. The fourth-order valence-electron chi connectivity index (χ4n) is 3.52. The van der Waals surface area contributed by atoms with E-state index in [4.69, 9.17) is 8.83 Å². The molecule has 1 aliphatic heterocycles. The Morgan fingerprint density at radius 3 is 2.97 bits per heavy atom. The Labute approximate surface area is 166 Å². The Kier molecular flexibility index (Phi) is 5.29. The number of rotatable bonds is 6. The van der Waals surface area contributed by atoms with E-state index in [9.17, 15) is 18.0 Å². The van der Waals surface area contributed by atoms with Gasteiger partial charge in [-0.15, -0.1) is 0 Å². The third-order valence-electron chi connectivity index (χ3n) is 5.04. The smallest absolute Gasteiger partial charge is 0.417 e. The summed E-state index contributed by atoms with van der Waals surface area (Å²) in [7, 11) is -3.80. The van der Waals surface area contributed by atoms with Gasteiger partial charge >= 0.3 is 5.76 Å². The number of piperidine rings is 1. The molecule has 0 radical (unpaired) electrons. The minimum absolute atomic E-state index is 0.0339. The molecule has 1 aliphatic rings. The molecule has 0 bridgehead atoms. The van der Waals surface area contributed by atoms with Gasteiger partial charge in [-0.3, -0.25) is 9.78 Å². The third kappa shape index (κ3) is 4.13. The van der Waals surface area contributed by atoms with Crippen molar-refractivity contribution in [3.63, 3.8) is 0 Å². The highest BCUT2D eigenvalue weighted by atomic mass is 32.2. The lowest BCUT2D eigenvalue weighted by atomic mass is 9.99. The number of carbonyl (C=O) groups excluding carboxylic acids is 1. The lowest BCUT2D eigenvalue weighted by Crippen LogP contribution is -2.45. The molecule has 3 aromatic rings. The molecular weight excluding hydrogens is 398 g/mol. The minimum atomic E-state index is -3.80. The Balaban J connectivity index is 1.43. The average Bonchev–Trinajstić information content (AvgIpc) is 3.35. The van der Waals surface area contributed by atoms with Crippen molar-refractivity contribution in [3.05, 3.63) is 52.9 Å². The number of benzene rings is 1. The standard InChI is InChI=1S/C19H21N3O6S/c23-18(20-8-7-14-4-2-10-27-14)13-3-1-9-22(12-13)29(25,26)15-5-6-16-17(11-15)28-19(24)21-16/h2,4-6,10-11,13H,1,3,7-9,12H2,(H,20,23)(H,21,24). The molecule has 2 aromatic heterocycles. The van der Waals surface area contributed by atoms with E-state index in [1.165, 1.54) is 22.5 Å². The van der Waals surface area contributed by atoms with Crippen LogP contribution < -0.4 is 11.1 Å². The molecule has 2 N–H and O–H groups in total. The van der Waals surface area contributed by atoms with Crippen LogP contribution in [0.1, 0.15) is 18.6 Å². The zero-order valence-corrected chi connectivity index (χ0v) is 16.4. The number of oxazole rings is 1. The number of aromatic nitrogens is 1. The van der Waals surface area contributed by atoms with Crippen molar-refractivity contribution in [1.82, 2.24) is 14.6 Å². The Bertz CT molecular complexity index is 1160. The second-order valence-electron chi connectivity index (χ2n) is 7.00. The van der Waals surface area contributed by atoms with Gasteiger partial charge in [0.25, 0.3) is 0 Å². The largest absolute Gasteiger partial charge is 0.469 e. The molecule has 10 heteroatoms. The molecule has 0 aliphatic carbocycles. The summed E-state index contributed by atoms with van der Waals surface area (Å²) in [5, 5.41) is 2.86. The number of aromatic amines is 1. The number of nitrogens with one attached hydrogen (secondary N) is 2. The van der Waals surface area contributed by atoms with E-state index in [0.717, 1.165) is 5.76 Å². The average molecular weight is 419 g/mol. The van der Waals surface area contributed by atoms with E-state index >= 15 is 0 Å². The van der Waals surface area contributed by atoms with Crippen molar-refractivity contribution in [1.29, 1.82) is 0 Å². The number of nitrogens with zero attached hydrogens (tertiary/aromatic N) is 1. The van der Waals surface area contributed by atoms with Crippen LogP contribution in [0.25, 0.3) is 11.1 Å². The van der Waals surface area contributed by atoms with E-state index in [-0.39, 0.29) is 22.9 Å². The van der Waals surface area contributed by atoms with E-state index in [1.54, 1.807) is 12.3 Å². The van der Waals surface area contributed by atoms with Crippen molar-refractivity contribution in [2.75, 3.05) is 19.6 Å². The maximum atomic E-state index is 13.0. The van der Waals surface area contributed by atoms with E-state index < -0.39 is 21.7 Å². The number of hydrogen-bond acceptors (Lipinski definition) is 6. The maximum absolute atomic E-state index is 13.0. The normalized spacial score (nSPS) is 18.1. The number of sulfonamides is 1.